The van der Waals surface area contributed by atoms with Crippen LogP contribution in [0.25, 0.3) is 0 Å². The molecule has 1 aliphatic rings. The summed E-state index contributed by atoms with van der Waals surface area (Å²) in [4.78, 5) is 2.30. The van der Waals surface area contributed by atoms with E-state index >= 15 is 0 Å². The van der Waals surface area contributed by atoms with Crippen molar-refractivity contribution >= 4 is 0 Å². The van der Waals surface area contributed by atoms with Crippen molar-refractivity contribution in [3.8, 4) is 0 Å². The summed E-state index contributed by atoms with van der Waals surface area (Å²) < 4.78 is 5.02. The van der Waals surface area contributed by atoms with E-state index in [1.807, 2.05) is 0 Å². The Kier molecular flexibility index (Phi) is 6.15. The van der Waals surface area contributed by atoms with Crippen LogP contribution in [0.15, 0.2) is 0 Å². The van der Waals surface area contributed by atoms with Crippen LogP contribution in [0.2, 0.25) is 0 Å². The molecule has 0 saturated heterocycles. The van der Waals surface area contributed by atoms with Crippen LogP contribution in [0.1, 0.15) is 19.3 Å². The molecule has 3 heteroatoms. The molecule has 1 N–H and O–H groups in total. The molecule has 0 atom stereocenters. The Morgan fingerprint density at radius 1 is 1.36 bits per heavy atom. The van der Waals surface area contributed by atoms with Crippen molar-refractivity contribution in [1.29, 1.82) is 0 Å². The molecule has 0 bridgehead atoms. The molecule has 0 aromatic heterocycles. The molecule has 0 unspecified atom stereocenters. The lowest BCUT2D eigenvalue weighted by Gasteiger charge is -2.26. The molecule has 0 spiro atoms. The van der Waals surface area contributed by atoms with Gasteiger partial charge in [0.1, 0.15) is 0 Å². The lowest BCUT2D eigenvalue weighted by atomic mass is 9.85. The fourth-order valence-electron chi connectivity index (χ4n) is 1.63. The van der Waals surface area contributed by atoms with Crippen molar-refractivity contribution in [2.75, 3.05) is 46.9 Å². The van der Waals surface area contributed by atoms with Crippen LogP contribution in [0.3, 0.4) is 0 Å². The monoisotopic (exact) mass is 200 g/mol. The third kappa shape index (κ3) is 4.94. The van der Waals surface area contributed by atoms with Gasteiger partial charge in [0.2, 0.25) is 0 Å². The molecule has 1 saturated carbocycles. The second-order valence-corrected chi connectivity index (χ2v) is 4.30. The number of hydrogen-bond donors (Lipinski definition) is 1. The van der Waals surface area contributed by atoms with E-state index < -0.39 is 0 Å². The van der Waals surface area contributed by atoms with Gasteiger partial charge >= 0.3 is 0 Å². The van der Waals surface area contributed by atoms with Gasteiger partial charge in [-0.15, -0.1) is 0 Å². The van der Waals surface area contributed by atoms with Crippen molar-refractivity contribution < 1.29 is 4.74 Å². The molecule has 0 radical (unpaired) electrons. The van der Waals surface area contributed by atoms with Gasteiger partial charge in [0.15, 0.2) is 0 Å². The molecule has 84 valence electrons. The Labute approximate surface area is 87.8 Å². The maximum atomic E-state index is 5.02. The minimum absolute atomic E-state index is 0.832. The minimum atomic E-state index is 0.832. The zero-order valence-electron chi connectivity index (χ0n) is 9.59. The van der Waals surface area contributed by atoms with E-state index in [-0.39, 0.29) is 0 Å². The summed E-state index contributed by atoms with van der Waals surface area (Å²) in [5, 5.41) is 3.51. The summed E-state index contributed by atoms with van der Waals surface area (Å²) in [5.74, 6) is 0.972. The minimum Gasteiger partial charge on any atom is -0.383 e. The van der Waals surface area contributed by atoms with Gasteiger partial charge in [0.25, 0.3) is 0 Å². The average molecular weight is 200 g/mol. The Bertz CT molecular complexity index is 137. The predicted octanol–water partition coefficient (Wildman–Crippen LogP) is 0.954. The van der Waals surface area contributed by atoms with Crippen molar-refractivity contribution in [2.24, 2.45) is 5.92 Å². The first-order chi connectivity index (χ1) is 6.83. The van der Waals surface area contributed by atoms with Gasteiger partial charge in [-0.25, -0.2) is 0 Å². The summed E-state index contributed by atoms with van der Waals surface area (Å²) in [7, 11) is 3.90. The van der Waals surface area contributed by atoms with Gasteiger partial charge in [-0.2, -0.15) is 0 Å². The molecule has 3 nitrogen and oxygen atoms in total. The average Bonchev–Trinajstić information content (AvgIpc) is 2.11. The first-order valence-corrected chi connectivity index (χ1v) is 5.71. The summed E-state index contributed by atoms with van der Waals surface area (Å²) in [6.45, 7) is 5.31. The molecule has 0 aromatic carbocycles. The maximum absolute atomic E-state index is 5.02. The quantitative estimate of drug-likeness (QED) is 0.591. The Hall–Kier alpha value is -0.120. The fraction of sp³-hybridized carbons (Fsp3) is 1.00. The van der Waals surface area contributed by atoms with Crippen molar-refractivity contribution in [2.45, 2.75) is 19.3 Å². The third-order valence-corrected chi connectivity index (χ3v) is 3.01. The van der Waals surface area contributed by atoms with Crippen LogP contribution in [-0.4, -0.2) is 51.8 Å². The summed E-state index contributed by atoms with van der Waals surface area (Å²) in [5.41, 5.74) is 0. The Morgan fingerprint density at radius 2 is 2.14 bits per heavy atom. The molecule has 0 aromatic rings. The summed E-state index contributed by atoms with van der Waals surface area (Å²) in [6.07, 6.45) is 4.32. The highest BCUT2D eigenvalue weighted by Crippen LogP contribution is 2.24. The van der Waals surface area contributed by atoms with Gasteiger partial charge in [-0.05, 0) is 32.4 Å². The zero-order chi connectivity index (χ0) is 10.2. The van der Waals surface area contributed by atoms with Gasteiger partial charge in [0.05, 0.1) is 6.61 Å². The van der Waals surface area contributed by atoms with Crippen molar-refractivity contribution in [3.63, 3.8) is 0 Å². The number of nitrogens with zero attached hydrogens (tertiary/aromatic N) is 1. The van der Waals surface area contributed by atoms with E-state index in [0.29, 0.717) is 0 Å². The van der Waals surface area contributed by atoms with Crippen molar-refractivity contribution in [1.82, 2.24) is 10.2 Å². The topological polar surface area (TPSA) is 24.5 Å². The number of hydrogen-bond acceptors (Lipinski definition) is 3. The first kappa shape index (κ1) is 12.0. The van der Waals surface area contributed by atoms with Crippen LogP contribution in [0.5, 0.6) is 0 Å². The van der Waals surface area contributed by atoms with E-state index in [0.717, 1.165) is 32.2 Å². The molecular weight excluding hydrogens is 176 g/mol. The Morgan fingerprint density at radius 3 is 2.71 bits per heavy atom. The fourth-order valence-corrected chi connectivity index (χ4v) is 1.63. The predicted molar refractivity (Wildman–Crippen MR) is 59.6 cm³/mol. The molecular formula is C11H24N2O. The normalized spacial score (nSPS) is 17.4. The second-order valence-electron chi connectivity index (χ2n) is 4.30. The highest BCUT2D eigenvalue weighted by atomic mass is 16.5. The highest BCUT2D eigenvalue weighted by molar-refractivity contribution is 4.71. The van der Waals surface area contributed by atoms with Crippen LogP contribution in [0, 0.1) is 5.92 Å². The van der Waals surface area contributed by atoms with E-state index in [1.54, 1.807) is 7.11 Å². The molecule has 0 heterocycles. The zero-order valence-corrected chi connectivity index (χ0v) is 9.59. The SMILES string of the molecule is COCCN(C)CCNCC1CCC1. The van der Waals surface area contributed by atoms with Crippen LogP contribution in [-0.2, 0) is 4.74 Å². The Balaban J connectivity index is 1.81. The van der Waals surface area contributed by atoms with Gasteiger partial charge < -0.3 is 15.0 Å². The van der Waals surface area contributed by atoms with Crippen LogP contribution < -0.4 is 5.32 Å². The van der Waals surface area contributed by atoms with Crippen LogP contribution >= 0.6 is 0 Å². The van der Waals surface area contributed by atoms with E-state index in [2.05, 4.69) is 17.3 Å². The third-order valence-electron chi connectivity index (χ3n) is 3.01. The van der Waals surface area contributed by atoms with Gasteiger partial charge in [0, 0.05) is 26.7 Å². The van der Waals surface area contributed by atoms with Gasteiger partial charge in [-0.1, -0.05) is 6.42 Å². The number of rotatable bonds is 8. The smallest absolute Gasteiger partial charge is 0.0589 e. The molecule has 1 rings (SSSR count). The lowest BCUT2D eigenvalue weighted by Crippen LogP contribution is -2.34. The number of methoxy groups -OCH3 is 1. The summed E-state index contributed by atoms with van der Waals surface area (Å²) >= 11 is 0. The largest absolute Gasteiger partial charge is 0.383 e. The van der Waals surface area contributed by atoms with E-state index in [1.165, 1.54) is 25.8 Å². The molecule has 0 aliphatic heterocycles. The van der Waals surface area contributed by atoms with E-state index in [9.17, 15) is 0 Å². The number of likely N-dealkylation sites (N-methyl/N-ethyl adjacent to an activating group) is 1. The van der Waals surface area contributed by atoms with Crippen molar-refractivity contribution in [3.05, 3.63) is 0 Å². The number of ether oxygens (including phenoxy) is 1. The lowest BCUT2D eigenvalue weighted by molar-refractivity contribution is 0.161. The molecule has 1 aliphatic carbocycles. The summed E-state index contributed by atoms with van der Waals surface area (Å²) in [6, 6.07) is 0. The second kappa shape index (κ2) is 7.21. The first-order valence-electron chi connectivity index (χ1n) is 5.71. The van der Waals surface area contributed by atoms with E-state index in [4.69, 9.17) is 4.74 Å². The molecule has 14 heavy (non-hydrogen) atoms. The van der Waals surface area contributed by atoms with Gasteiger partial charge in [-0.3, -0.25) is 0 Å². The standard InChI is InChI=1S/C11H24N2O/c1-13(8-9-14-2)7-6-12-10-11-4-3-5-11/h11-12H,3-10H2,1-2H3. The van der Waals surface area contributed by atoms with Crippen LogP contribution in [0.4, 0.5) is 0 Å². The highest BCUT2D eigenvalue weighted by Gasteiger charge is 2.16. The number of nitrogens with one attached hydrogen (secondary N) is 1. The molecule has 0 amide bonds. The maximum Gasteiger partial charge on any atom is 0.0589 e. The molecule has 1 fully saturated rings.